The SMILES string of the molecule is O=S(=O)(NCc1ccccc1)c1ccc(-c2cnc(C3CCCC3)o2)s1. The van der Waals surface area contributed by atoms with Crippen LogP contribution in [0.5, 0.6) is 0 Å². The summed E-state index contributed by atoms with van der Waals surface area (Å²) in [5.74, 6) is 1.82. The number of sulfonamides is 1. The van der Waals surface area contributed by atoms with Crippen molar-refractivity contribution in [1.82, 2.24) is 9.71 Å². The summed E-state index contributed by atoms with van der Waals surface area (Å²) in [6.07, 6.45) is 6.38. The van der Waals surface area contributed by atoms with Crippen molar-refractivity contribution in [2.75, 3.05) is 0 Å². The maximum absolute atomic E-state index is 12.5. The Balaban J connectivity index is 1.48. The molecule has 1 aliphatic carbocycles. The molecule has 136 valence electrons. The van der Waals surface area contributed by atoms with Gasteiger partial charge >= 0.3 is 0 Å². The molecule has 5 nitrogen and oxygen atoms in total. The van der Waals surface area contributed by atoms with Crippen molar-refractivity contribution in [1.29, 1.82) is 0 Å². The van der Waals surface area contributed by atoms with Crippen LogP contribution >= 0.6 is 11.3 Å². The summed E-state index contributed by atoms with van der Waals surface area (Å²) >= 11 is 1.20. The van der Waals surface area contributed by atoms with E-state index in [9.17, 15) is 8.42 Å². The first-order chi connectivity index (χ1) is 12.6. The van der Waals surface area contributed by atoms with Gasteiger partial charge in [0.05, 0.1) is 11.1 Å². The van der Waals surface area contributed by atoms with Gasteiger partial charge in [-0.15, -0.1) is 11.3 Å². The van der Waals surface area contributed by atoms with Gasteiger partial charge in [0, 0.05) is 12.5 Å². The maximum atomic E-state index is 12.5. The number of oxazole rings is 1. The minimum atomic E-state index is -3.55. The van der Waals surface area contributed by atoms with Crippen molar-refractivity contribution in [3.8, 4) is 10.6 Å². The van der Waals surface area contributed by atoms with Gasteiger partial charge in [0.2, 0.25) is 10.0 Å². The Morgan fingerprint density at radius 3 is 2.65 bits per heavy atom. The Morgan fingerprint density at radius 1 is 1.12 bits per heavy atom. The standard InChI is InChI=1S/C19H20N2O3S2/c22-26(23,21-12-14-6-2-1-3-7-14)18-11-10-17(25-18)16-13-20-19(24-16)15-8-4-5-9-15/h1-3,6-7,10-11,13,15,21H,4-5,8-9,12H2. The molecule has 4 rings (SSSR count). The zero-order chi connectivity index (χ0) is 18.0. The summed E-state index contributed by atoms with van der Waals surface area (Å²) in [5, 5.41) is 0. The van der Waals surface area contributed by atoms with E-state index in [0.29, 0.717) is 11.7 Å². The van der Waals surface area contributed by atoms with Gasteiger partial charge in [0.1, 0.15) is 4.21 Å². The Morgan fingerprint density at radius 2 is 1.88 bits per heavy atom. The second kappa shape index (κ2) is 7.34. The van der Waals surface area contributed by atoms with Crippen molar-refractivity contribution in [3.63, 3.8) is 0 Å². The number of thiophene rings is 1. The average molecular weight is 389 g/mol. The Bertz CT molecular complexity index is 971. The quantitative estimate of drug-likeness (QED) is 0.673. The third-order valence-corrected chi connectivity index (χ3v) is 7.62. The van der Waals surface area contributed by atoms with Gasteiger partial charge in [-0.3, -0.25) is 0 Å². The van der Waals surface area contributed by atoms with Crippen molar-refractivity contribution in [2.45, 2.75) is 42.4 Å². The van der Waals surface area contributed by atoms with Gasteiger partial charge in [-0.05, 0) is 30.5 Å². The number of benzene rings is 1. The maximum Gasteiger partial charge on any atom is 0.250 e. The molecule has 26 heavy (non-hydrogen) atoms. The molecule has 1 aromatic carbocycles. The van der Waals surface area contributed by atoms with Gasteiger partial charge in [0.15, 0.2) is 11.7 Å². The molecule has 2 aromatic heterocycles. The lowest BCUT2D eigenvalue weighted by Gasteiger charge is -2.04. The van der Waals surface area contributed by atoms with E-state index in [1.807, 2.05) is 30.3 Å². The molecule has 1 aliphatic rings. The predicted molar refractivity (Wildman–Crippen MR) is 101 cm³/mol. The van der Waals surface area contributed by atoms with E-state index in [1.165, 1.54) is 24.2 Å². The summed E-state index contributed by atoms with van der Waals surface area (Å²) < 4.78 is 33.9. The van der Waals surface area contributed by atoms with E-state index in [0.717, 1.165) is 29.2 Å². The average Bonchev–Trinajstić information content (AvgIpc) is 3.41. The topological polar surface area (TPSA) is 72.2 Å². The summed E-state index contributed by atoms with van der Waals surface area (Å²) in [7, 11) is -3.55. The van der Waals surface area contributed by atoms with Crippen LogP contribution in [0.25, 0.3) is 10.6 Å². The summed E-state index contributed by atoms with van der Waals surface area (Å²) in [6, 6.07) is 12.9. The van der Waals surface area contributed by atoms with Gasteiger partial charge in [-0.25, -0.2) is 18.1 Å². The van der Waals surface area contributed by atoms with Crippen LogP contribution in [-0.2, 0) is 16.6 Å². The molecule has 0 unspecified atom stereocenters. The Labute approximate surface area is 157 Å². The summed E-state index contributed by atoms with van der Waals surface area (Å²) in [4.78, 5) is 5.18. The van der Waals surface area contributed by atoms with Crippen molar-refractivity contribution in [3.05, 3.63) is 60.1 Å². The first-order valence-corrected chi connectivity index (χ1v) is 11.0. The van der Waals surface area contributed by atoms with Gasteiger partial charge in [-0.1, -0.05) is 43.2 Å². The van der Waals surface area contributed by atoms with E-state index in [1.54, 1.807) is 18.3 Å². The Kier molecular flexibility index (Phi) is 4.93. The van der Waals surface area contributed by atoms with Crippen LogP contribution in [0.2, 0.25) is 0 Å². The lowest BCUT2D eigenvalue weighted by atomic mass is 10.1. The highest BCUT2D eigenvalue weighted by molar-refractivity contribution is 7.91. The molecule has 3 aromatic rings. The predicted octanol–water partition coefficient (Wildman–Crippen LogP) is 4.54. The lowest BCUT2D eigenvalue weighted by molar-refractivity contribution is 0.458. The molecule has 0 spiro atoms. The molecule has 7 heteroatoms. The lowest BCUT2D eigenvalue weighted by Crippen LogP contribution is -2.22. The molecule has 0 aliphatic heterocycles. The highest BCUT2D eigenvalue weighted by atomic mass is 32.2. The summed E-state index contributed by atoms with van der Waals surface area (Å²) in [6.45, 7) is 0.268. The van der Waals surface area contributed by atoms with Crippen LogP contribution in [0.3, 0.4) is 0 Å². The number of nitrogens with zero attached hydrogens (tertiary/aromatic N) is 1. The van der Waals surface area contributed by atoms with Crippen molar-refractivity contribution < 1.29 is 12.8 Å². The monoisotopic (exact) mass is 388 g/mol. The molecule has 0 atom stereocenters. The van der Waals surface area contributed by atoms with E-state index in [4.69, 9.17) is 4.42 Å². The minimum Gasteiger partial charge on any atom is -0.440 e. The Hall–Kier alpha value is -1.96. The van der Waals surface area contributed by atoms with E-state index >= 15 is 0 Å². The number of hydrogen-bond donors (Lipinski definition) is 1. The zero-order valence-corrected chi connectivity index (χ0v) is 15.9. The largest absolute Gasteiger partial charge is 0.440 e. The summed E-state index contributed by atoms with van der Waals surface area (Å²) in [5.41, 5.74) is 0.921. The minimum absolute atomic E-state index is 0.268. The van der Waals surface area contributed by atoms with E-state index in [-0.39, 0.29) is 10.8 Å². The molecule has 0 saturated heterocycles. The van der Waals surface area contributed by atoms with Gasteiger partial charge in [0.25, 0.3) is 0 Å². The molecule has 2 heterocycles. The van der Waals surface area contributed by atoms with Crippen LogP contribution in [0, 0.1) is 0 Å². The highest BCUT2D eigenvalue weighted by Crippen LogP contribution is 2.37. The number of nitrogens with one attached hydrogen (secondary N) is 1. The first-order valence-electron chi connectivity index (χ1n) is 8.71. The van der Waals surface area contributed by atoms with Gasteiger partial charge < -0.3 is 4.42 Å². The fraction of sp³-hybridized carbons (Fsp3) is 0.316. The number of hydrogen-bond acceptors (Lipinski definition) is 5. The van der Waals surface area contributed by atoms with Crippen LogP contribution in [-0.4, -0.2) is 13.4 Å². The third-order valence-electron chi connectivity index (χ3n) is 4.63. The molecule has 0 bridgehead atoms. The van der Waals surface area contributed by atoms with E-state index in [2.05, 4.69) is 9.71 Å². The van der Waals surface area contributed by atoms with Crippen molar-refractivity contribution in [2.24, 2.45) is 0 Å². The van der Waals surface area contributed by atoms with Crippen LogP contribution in [0.1, 0.15) is 43.1 Å². The van der Waals surface area contributed by atoms with Crippen molar-refractivity contribution >= 4 is 21.4 Å². The molecule has 1 saturated carbocycles. The number of rotatable bonds is 6. The second-order valence-corrected chi connectivity index (χ2v) is 9.55. The smallest absolute Gasteiger partial charge is 0.250 e. The molecule has 1 N–H and O–H groups in total. The van der Waals surface area contributed by atoms with Crippen LogP contribution in [0.4, 0.5) is 0 Å². The highest BCUT2D eigenvalue weighted by Gasteiger charge is 2.23. The fourth-order valence-corrected chi connectivity index (χ4v) is 5.52. The first kappa shape index (κ1) is 17.5. The molecular weight excluding hydrogens is 368 g/mol. The molecule has 1 fully saturated rings. The molecule has 0 radical (unpaired) electrons. The second-order valence-electron chi connectivity index (χ2n) is 6.47. The van der Waals surface area contributed by atoms with Crippen LogP contribution in [0.15, 0.2) is 57.3 Å². The zero-order valence-electron chi connectivity index (χ0n) is 14.2. The van der Waals surface area contributed by atoms with Crippen LogP contribution < -0.4 is 4.72 Å². The normalized spacial score (nSPS) is 15.5. The van der Waals surface area contributed by atoms with E-state index < -0.39 is 10.0 Å². The number of aromatic nitrogens is 1. The fourth-order valence-electron chi connectivity index (χ4n) is 3.21. The molecular formula is C19H20N2O3S2. The third kappa shape index (κ3) is 3.75. The molecule has 0 amide bonds. The van der Waals surface area contributed by atoms with Gasteiger partial charge in [-0.2, -0.15) is 0 Å².